The number of alkyl halides is 3. The van der Waals surface area contributed by atoms with E-state index in [0.29, 0.717) is 51.6 Å². The highest BCUT2D eigenvalue weighted by Gasteiger charge is 2.37. The van der Waals surface area contributed by atoms with Gasteiger partial charge in [0.25, 0.3) is 0 Å². The molecule has 240 valence electrons. The van der Waals surface area contributed by atoms with Gasteiger partial charge in [-0.15, -0.1) is 11.3 Å². The van der Waals surface area contributed by atoms with E-state index in [1.165, 1.54) is 6.07 Å². The number of likely N-dealkylation sites (tertiary alicyclic amines) is 2. The van der Waals surface area contributed by atoms with Crippen LogP contribution in [0.5, 0.6) is 0 Å². The topological polar surface area (TPSA) is 102 Å². The Morgan fingerprint density at radius 1 is 1.11 bits per heavy atom. The molecule has 0 saturated carbocycles. The third-order valence-corrected chi connectivity index (χ3v) is 10.6. The van der Waals surface area contributed by atoms with Gasteiger partial charge in [0.2, 0.25) is 11.8 Å². The fourth-order valence-corrected chi connectivity index (χ4v) is 7.80. The SMILES string of the molecule is CN(C)C1CCN(C(=O)[C@H](CC(=O)N2CCC(N3Cc4sccc4NC3=O)CC2)Cc2cc(Br)c(N)c(C(F)(F)F)c2)CC1. The fourth-order valence-electron chi connectivity index (χ4n) is 6.47. The summed E-state index contributed by atoms with van der Waals surface area (Å²) < 4.78 is 41.3. The number of urea groups is 1. The molecule has 0 bridgehead atoms. The predicted octanol–water partition coefficient (Wildman–Crippen LogP) is 5.25. The van der Waals surface area contributed by atoms with Gasteiger partial charge in [-0.2, -0.15) is 13.2 Å². The van der Waals surface area contributed by atoms with Crippen molar-refractivity contribution in [3.05, 3.63) is 44.1 Å². The van der Waals surface area contributed by atoms with Crippen molar-refractivity contribution in [1.29, 1.82) is 0 Å². The van der Waals surface area contributed by atoms with Crippen LogP contribution in [0, 0.1) is 5.92 Å². The van der Waals surface area contributed by atoms with Crippen molar-refractivity contribution in [3.63, 3.8) is 0 Å². The first kappa shape index (κ1) is 32.6. The molecule has 0 radical (unpaired) electrons. The predicted molar refractivity (Wildman–Crippen MR) is 167 cm³/mol. The third-order valence-electron chi connectivity index (χ3n) is 9.07. The van der Waals surface area contributed by atoms with E-state index < -0.39 is 23.3 Å². The zero-order valence-electron chi connectivity index (χ0n) is 24.8. The van der Waals surface area contributed by atoms with Gasteiger partial charge in [-0.25, -0.2) is 4.79 Å². The lowest BCUT2D eigenvalue weighted by Crippen LogP contribution is -2.51. The maximum Gasteiger partial charge on any atom is 0.418 e. The minimum atomic E-state index is -4.66. The summed E-state index contributed by atoms with van der Waals surface area (Å²) in [6.45, 7) is 2.47. The number of nitrogens with zero attached hydrogens (tertiary/aromatic N) is 4. The first-order valence-electron chi connectivity index (χ1n) is 14.8. The van der Waals surface area contributed by atoms with Gasteiger partial charge in [-0.3, -0.25) is 9.59 Å². The Morgan fingerprint density at radius 3 is 2.41 bits per heavy atom. The molecule has 3 aliphatic heterocycles. The van der Waals surface area contributed by atoms with E-state index in [2.05, 4.69) is 26.1 Å². The zero-order chi connectivity index (χ0) is 31.8. The Labute approximate surface area is 267 Å². The molecule has 4 amide bonds. The van der Waals surface area contributed by atoms with Gasteiger partial charge >= 0.3 is 12.2 Å². The highest BCUT2D eigenvalue weighted by atomic mass is 79.9. The van der Waals surface area contributed by atoms with E-state index in [1.54, 1.807) is 21.1 Å². The standard InChI is InChI=1S/C30H38BrF3N6O3S/c1-37(2)20-3-10-39(11-4-20)28(42)19(13-18-14-22(30(32,33)34)27(35)23(31)15-18)16-26(41)38-8-5-21(6-9-38)40-17-25-24(7-12-44-25)36-29(40)43/h7,12,14-15,19-21H,3-6,8-11,13,16-17,35H2,1-2H3,(H,36,43)/t19-/m0/s1. The number of hydrogen-bond donors (Lipinski definition) is 2. The average molecular weight is 700 g/mol. The number of nitrogen functional groups attached to an aromatic ring is 1. The largest absolute Gasteiger partial charge is 0.418 e. The smallest absolute Gasteiger partial charge is 0.397 e. The lowest BCUT2D eigenvalue weighted by atomic mass is 9.91. The Kier molecular flexibility index (Phi) is 9.81. The van der Waals surface area contributed by atoms with Crippen LogP contribution in [-0.4, -0.2) is 89.8 Å². The molecule has 5 rings (SSSR count). The molecule has 44 heavy (non-hydrogen) atoms. The maximum atomic E-state index is 13.8. The molecule has 1 aromatic heterocycles. The molecule has 2 fully saturated rings. The number of halogens is 4. The highest BCUT2D eigenvalue weighted by Crippen LogP contribution is 2.39. The number of anilines is 2. The van der Waals surface area contributed by atoms with Gasteiger partial charge in [0.1, 0.15) is 0 Å². The molecule has 4 heterocycles. The van der Waals surface area contributed by atoms with Crippen LogP contribution in [0.2, 0.25) is 0 Å². The molecule has 3 aliphatic rings. The minimum absolute atomic E-state index is 0.0161. The molecule has 1 atom stereocenters. The fraction of sp³-hybridized carbons (Fsp3) is 0.567. The number of carbonyl (C=O) groups is 3. The quantitative estimate of drug-likeness (QED) is 0.385. The number of thiophene rings is 1. The van der Waals surface area contributed by atoms with Gasteiger partial charge in [0.15, 0.2) is 0 Å². The molecule has 0 unspecified atom stereocenters. The van der Waals surface area contributed by atoms with E-state index in [-0.39, 0.29) is 46.8 Å². The van der Waals surface area contributed by atoms with E-state index in [9.17, 15) is 27.6 Å². The molecule has 14 heteroatoms. The first-order valence-corrected chi connectivity index (χ1v) is 16.5. The van der Waals surface area contributed by atoms with Crippen molar-refractivity contribution in [2.75, 3.05) is 51.3 Å². The molecule has 9 nitrogen and oxygen atoms in total. The summed E-state index contributed by atoms with van der Waals surface area (Å²) >= 11 is 4.74. The lowest BCUT2D eigenvalue weighted by Gasteiger charge is -2.40. The van der Waals surface area contributed by atoms with Crippen molar-refractivity contribution in [1.82, 2.24) is 19.6 Å². The number of hydrogen-bond acceptors (Lipinski definition) is 6. The lowest BCUT2D eigenvalue weighted by molar-refractivity contribution is -0.143. The van der Waals surface area contributed by atoms with Crippen LogP contribution in [0.15, 0.2) is 28.1 Å². The zero-order valence-corrected chi connectivity index (χ0v) is 27.2. The van der Waals surface area contributed by atoms with Crippen LogP contribution >= 0.6 is 27.3 Å². The number of carbonyl (C=O) groups excluding carboxylic acids is 3. The first-order chi connectivity index (χ1) is 20.8. The third kappa shape index (κ3) is 7.17. The highest BCUT2D eigenvalue weighted by molar-refractivity contribution is 9.10. The molecule has 0 spiro atoms. The van der Waals surface area contributed by atoms with Crippen LogP contribution in [0.4, 0.5) is 29.3 Å². The second-order valence-electron chi connectivity index (χ2n) is 12.1. The second-order valence-corrected chi connectivity index (χ2v) is 13.9. The molecular weight excluding hydrogens is 661 g/mol. The normalized spacial score (nSPS) is 19.2. The number of nitrogens with one attached hydrogen (secondary N) is 1. The van der Waals surface area contributed by atoms with E-state index in [0.717, 1.165) is 29.5 Å². The summed E-state index contributed by atoms with van der Waals surface area (Å²) in [5.41, 5.74) is 5.47. The van der Waals surface area contributed by atoms with Gasteiger partial charge in [0, 0.05) is 54.0 Å². The van der Waals surface area contributed by atoms with Crippen LogP contribution in [0.3, 0.4) is 0 Å². The van der Waals surface area contributed by atoms with Gasteiger partial charge in [-0.1, -0.05) is 0 Å². The average Bonchev–Trinajstić information content (AvgIpc) is 3.44. The van der Waals surface area contributed by atoms with Crippen molar-refractivity contribution in [3.8, 4) is 0 Å². The summed E-state index contributed by atoms with van der Waals surface area (Å²) in [5, 5.41) is 4.88. The Morgan fingerprint density at radius 2 is 1.77 bits per heavy atom. The van der Waals surface area contributed by atoms with Crippen LogP contribution < -0.4 is 11.1 Å². The van der Waals surface area contributed by atoms with Crippen molar-refractivity contribution in [2.45, 2.75) is 63.3 Å². The van der Waals surface area contributed by atoms with Crippen molar-refractivity contribution >= 4 is 56.5 Å². The maximum absolute atomic E-state index is 13.8. The molecule has 0 aliphatic carbocycles. The van der Waals surface area contributed by atoms with Gasteiger partial charge in [-0.05, 0) is 91.3 Å². The van der Waals surface area contributed by atoms with Crippen molar-refractivity contribution < 1.29 is 27.6 Å². The Hall–Kier alpha value is -2.84. The monoisotopic (exact) mass is 698 g/mol. The van der Waals surface area contributed by atoms with Crippen LogP contribution in [0.1, 0.15) is 48.1 Å². The summed E-state index contributed by atoms with van der Waals surface area (Å²) in [4.78, 5) is 48.7. The molecule has 2 aromatic rings. The molecule has 3 N–H and O–H groups in total. The summed E-state index contributed by atoms with van der Waals surface area (Å²) in [6, 6.07) is 4.57. The summed E-state index contributed by atoms with van der Waals surface area (Å²) in [6.07, 6.45) is -2.00. The van der Waals surface area contributed by atoms with Crippen LogP contribution in [0.25, 0.3) is 0 Å². The number of rotatable bonds is 7. The second kappa shape index (κ2) is 13.3. The summed E-state index contributed by atoms with van der Waals surface area (Å²) in [7, 11) is 4.00. The number of piperidine rings is 2. The van der Waals surface area contributed by atoms with Gasteiger partial charge in [0.05, 0.1) is 29.4 Å². The number of fused-ring (bicyclic) bond motifs is 1. The number of benzene rings is 1. The summed E-state index contributed by atoms with van der Waals surface area (Å²) in [5.74, 6) is -1.25. The number of amides is 4. The Balaban J connectivity index is 1.28. The van der Waals surface area contributed by atoms with E-state index >= 15 is 0 Å². The van der Waals surface area contributed by atoms with E-state index in [1.807, 2.05) is 30.4 Å². The minimum Gasteiger partial charge on any atom is -0.397 e. The van der Waals surface area contributed by atoms with E-state index in [4.69, 9.17) is 5.73 Å². The molecule has 1 aromatic carbocycles. The Bertz CT molecular complexity index is 1390. The number of nitrogens with two attached hydrogens (primary N) is 1. The van der Waals surface area contributed by atoms with Gasteiger partial charge < -0.3 is 30.7 Å². The molecule has 2 saturated heterocycles. The molecular formula is C30H38BrF3N6O3S. The van der Waals surface area contributed by atoms with Crippen molar-refractivity contribution in [2.24, 2.45) is 5.92 Å². The van der Waals surface area contributed by atoms with Crippen LogP contribution in [-0.2, 0) is 28.7 Å².